The number of aryl methyl sites for hydroxylation is 1. The van der Waals surface area contributed by atoms with Gasteiger partial charge in [0.05, 0.1) is 11.3 Å². The Bertz CT molecular complexity index is 834. The molecule has 0 amide bonds. The van der Waals surface area contributed by atoms with Gasteiger partial charge in [-0.3, -0.25) is 9.55 Å². The third-order valence-corrected chi connectivity index (χ3v) is 4.26. The van der Waals surface area contributed by atoms with Crippen LogP contribution in [0, 0.1) is 18.3 Å². The van der Waals surface area contributed by atoms with E-state index in [-0.39, 0.29) is 5.25 Å². The van der Waals surface area contributed by atoms with Crippen molar-refractivity contribution in [1.82, 2.24) is 19.7 Å². The first-order valence-corrected chi connectivity index (χ1v) is 8.06. The number of thioether (sulfide) groups is 1. The van der Waals surface area contributed by atoms with Gasteiger partial charge in [-0.05, 0) is 38.1 Å². The van der Waals surface area contributed by atoms with E-state index < -0.39 is 0 Å². The number of aromatic nitrogens is 4. The van der Waals surface area contributed by atoms with Crippen molar-refractivity contribution in [3.05, 3.63) is 54.4 Å². The summed E-state index contributed by atoms with van der Waals surface area (Å²) < 4.78 is 1.98. The van der Waals surface area contributed by atoms with Crippen LogP contribution < -0.4 is 0 Å². The monoisotopic (exact) mass is 321 g/mol. The predicted octanol–water partition coefficient (Wildman–Crippen LogP) is 3.64. The zero-order valence-corrected chi connectivity index (χ0v) is 13.7. The van der Waals surface area contributed by atoms with E-state index in [0.29, 0.717) is 5.16 Å². The van der Waals surface area contributed by atoms with Crippen molar-refractivity contribution in [3.8, 4) is 23.1 Å². The number of rotatable bonds is 4. The van der Waals surface area contributed by atoms with E-state index in [2.05, 4.69) is 21.3 Å². The zero-order valence-electron chi connectivity index (χ0n) is 12.8. The molecule has 1 aromatic carbocycles. The number of hydrogen-bond acceptors (Lipinski definition) is 5. The van der Waals surface area contributed by atoms with Gasteiger partial charge in [0, 0.05) is 23.6 Å². The lowest BCUT2D eigenvalue weighted by Crippen LogP contribution is -2.02. The van der Waals surface area contributed by atoms with Crippen molar-refractivity contribution in [2.75, 3.05) is 0 Å². The first-order chi connectivity index (χ1) is 11.2. The molecule has 5 nitrogen and oxygen atoms in total. The fourth-order valence-electron chi connectivity index (χ4n) is 2.15. The highest BCUT2D eigenvalue weighted by molar-refractivity contribution is 8.00. The Balaban J connectivity index is 2.14. The summed E-state index contributed by atoms with van der Waals surface area (Å²) in [6, 6.07) is 14.2. The van der Waals surface area contributed by atoms with Crippen LogP contribution in [-0.2, 0) is 0 Å². The summed E-state index contributed by atoms with van der Waals surface area (Å²) in [5, 5.41) is 18.2. The Morgan fingerprint density at radius 1 is 1.09 bits per heavy atom. The van der Waals surface area contributed by atoms with Gasteiger partial charge in [0.1, 0.15) is 0 Å². The van der Waals surface area contributed by atoms with Gasteiger partial charge in [-0.25, -0.2) is 0 Å². The average molecular weight is 321 g/mol. The predicted molar refractivity (Wildman–Crippen MR) is 90.3 cm³/mol. The summed E-state index contributed by atoms with van der Waals surface area (Å²) in [5.41, 5.74) is 3.09. The van der Waals surface area contributed by atoms with Gasteiger partial charge in [-0.2, -0.15) is 5.26 Å². The van der Waals surface area contributed by atoms with Crippen molar-refractivity contribution in [3.63, 3.8) is 0 Å². The standard InChI is InChI=1S/C17H15N5S/c1-12-3-5-15(6-4-12)22-16(14-7-9-19-10-8-14)20-21-17(22)23-13(2)11-18/h3-10,13H,1-2H3. The van der Waals surface area contributed by atoms with Gasteiger partial charge in [0.25, 0.3) is 0 Å². The van der Waals surface area contributed by atoms with E-state index in [1.54, 1.807) is 12.4 Å². The van der Waals surface area contributed by atoms with Crippen molar-refractivity contribution >= 4 is 11.8 Å². The molecule has 2 heterocycles. The molecule has 0 spiro atoms. The molecule has 0 fully saturated rings. The minimum absolute atomic E-state index is 0.200. The van der Waals surface area contributed by atoms with Gasteiger partial charge < -0.3 is 0 Å². The topological polar surface area (TPSA) is 67.4 Å². The first-order valence-electron chi connectivity index (χ1n) is 7.18. The maximum atomic E-state index is 9.08. The van der Waals surface area contributed by atoms with E-state index >= 15 is 0 Å². The lowest BCUT2D eigenvalue weighted by Gasteiger charge is -2.11. The van der Waals surface area contributed by atoms with Gasteiger partial charge >= 0.3 is 0 Å². The summed E-state index contributed by atoms with van der Waals surface area (Å²) >= 11 is 1.40. The van der Waals surface area contributed by atoms with Crippen molar-refractivity contribution < 1.29 is 0 Å². The molecule has 0 aliphatic rings. The Hall–Kier alpha value is -2.65. The number of benzene rings is 1. The van der Waals surface area contributed by atoms with Crippen LogP contribution in [0.25, 0.3) is 17.1 Å². The molecule has 2 aromatic heterocycles. The van der Waals surface area contributed by atoms with Crippen LogP contribution in [0.5, 0.6) is 0 Å². The molecule has 6 heteroatoms. The highest BCUT2D eigenvalue weighted by atomic mass is 32.2. The van der Waals surface area contributed by atoms with Crippen molar-refractivity contribution in [2.24, 2.45) is 0 Å². The second kappa shape index (κ2) is 6.63. The van der Waals surface area contributed by atoms with Crippen LogP contribution in [0.2, 0.25) is 0 Å². The second-order valence-corrected chi connectivity index (χ2v) is 6.41. The summed E-state index contributed by atoms with van der Waals surface area (Å²) in [4.78, 5) is 4.05. The highest BCUT2D eigenvalue weighted by Crippen LogP contribution is 2.29. The molecule has 1 unspecified atom stereocenters. The molecule has 3 aromatic rings. The highest BCUT2D eigenvalue weighted by Gasteiger charge is 2.18. The molecule has 0 bridgehead atoms. The third-order valence-electron chi connectivity index (χ3n) is 3.33. The Morgan fingerprint density at radius 3 is 2.43 bits per heavy atom. The molecular weight excluding hydrogens is 306 g/mol. The van der Waals surface area contributed by atoms with Gasteiger partial charge in [-0.15, -0.1) is 10.2 Å². The average Bonchev–Trinajstić information content (AvgIpc) is 3.00. The van der Waals surface area contributed by atoms with Gasteiger partial charge in [0.15, 0.2) is 11.0 Å². The number of hydrogen-bond donors (Lipinski definition) is 0. The molecule has 1 atom stereocenters. The zero-order chi connectivity index (χ0) is 16.2. The molecule has 0 saturated carbocycles. The summed E-state index contributed by atoms with van der Waals surface area (Å²) in [5.74, 6) is 0.740. The quantitative estimate of drug-likeness (QED) is 0.686. The summed E-state index contributed by atoms with van der Waals surface area (Å²) in [6.07, 6.45) is 3.46. The molecule has 0 aliphatic carbocycles. The minimum Gasteiger partial charge on any atom is -0.270 e. The largest absolute Gasteiger partial charge is 0.270 e. The maximum Gasteiger partial charge on any atom is 0.197 e. The molecular formula is C17H15N5S. The van der Waals surface area contributed by atoms with Crippen LogP contribution in [0.1, 0.15) is 12.5 Å². The van der Waals surface area contributed by atoms with Crippen LogP contribution >= 0.6 is 11.8 Å². The van der Waals surface area contributed by atoms with Crippen LogP contribution in [0.15, 0.2) is 53.9 Å². The van der Waals surface area contributed by atoms with Gasteiger partial charge in [-0.1, -0.05) is 29.5 Å². The van der Waals surface area contributed by atoms with E-state index in [9.17, 15) is 0 Å². The Morgan fingerprint density at radius 2 is 1.78 bits per heavy atom. The lowest BCUT2D eigenvalue weighted by atomic mass is 10.2. The molecule has 0 aliphatic heterocycles. The molecule has 0 N–H and O–H groups in total. The third kappa shape index (κ3) is 3.25. The van der Waals surface area contributed by atoms with E-state index in [0.717, 1.165) is 17.1 Å². The maximum absolute atomic E-state index is 9.08. The number of nitriles is 1. The summed E-state index contributed by atoms with van der Waals surface area (Å²) in [7, 11) is 0. The van der Waals surface area contributed by atoms with E-state index in [4.69, 9.17) is 5.26 Å². The minimum atomic E-state index is -0.200. The second-order valence-electron chi connectivity index (χ2n) is 5.10. The van der Waals surface area contributed by atoms with E-state index in [1.807, 2.05) is 54.8 Å². The lowest BCUT2D eigenvalue weighted by molar-refractivity contribution is 0.883. The van der Waals surface area contributed by atoms with Crippen molar-refractivity contribution in [2.45, 2.75) is 24.3 Å². The van der Waals surface area contributed by atoms with Crippen molar-refractivity contribution in [1.29, 1.82) is 5.26 Å². The Kier molecular flexibility index (Phi) is 4.40. The molecule has 114 valence electrons. The first kappa shape index (κ1) is 15.3. The van der Waals surface area contributed by atoms with E-state index in [1.165, 1.54) is 17.3 Å². The fourth-order valence-corrected chi connectivity index (χ4v) is 2.90. The number of nitrogens with zero attached hydrogens (tertiary/aromatic N) is 5. The molecule has 3 rings (SSSR count). The molecule has 23 heavy (non-hydrogen) atoms. The van der Waals surface area contributed by atoms with Crippen LogP contribution in [0.4, 0.5) is 0 Å². The number of pyridine rings is 1. The van der Waals surface area contributed by atoms with Gasteiger partial charge in [0.2, 0.25) is 0 Å². The van der Waals surface area contributed by atoms with Crippen LogP contribution in [-0.4, -0.2) is 25.0 Å². The van der Waals surface area contributed by atoms with Crippen LogP contribution in [0.3, 0.4) is 0 Å². The summed E-state index contributed by atoms with van der Waals surface area (Å²) in [6.45, 7) is 3.90. The smallest absolute Gasteiger partial charge is 0.197 e. The normalized spacial score (nSPS) is 11.9. The molecule has 0 radical (unpaired) electrons. The Labute approximate surface area is 139 Å². The molecule has 0 saturated heterocycles. The SMILES string of the molecule is Cc1ccc(-n2c(SC(C)C#N)nnc2-c2ccncc2)cc1. The fraction of sp³-hybridized carbons (Fsp3) is 0.176.